The Labute approximate surface area is 148 Å². The molecule has 2 N–H and O–H groups in total. The molecule has 0 unspecified atom stereocenters. The van der Waals surface area contributed by atoms with E-state index in [-0.39, 0.29) is 0 Å². The highest BCUT2D eigenvalue weighted by atomic mass is 32.2. The van der Waals surface area contributed by atoms with Crippen LogP contribution in [0.1, 0.15) is 0 Å². The van der Waals surface area contributed by atoms with Gasteiger partial charge >= 0.3 is 11.8 Å². The Morgan fingerprint density at radius 1 is 0.958 bits per heavy atom. The first-order chi connectivity index (χ1) is 11.7. The summed E-state index contributed by atoms with van der Waals surface area (Å²) < 4.78 is 0. The fourth-order valence-corrected chi connectivity index (χ4v) is 3.66. The molecule has 0 bridgehead atoms. The second-order valence-corrected chi connectivity index (χ2v) is 7.05. The van der Waals surface area contributed by atoms with Crippen LogP contribution in [0.3, 0.4) is 0 Å². The molecule has 122 valence electrons. The van der Waals surface area contributed by atoms with Gasteiger partial charge in [0.05, 0.1) is 12.2 Å². The summed E-state index contributed by atoms with van der Waals surface area (Å²) in [6.07, 6.45) is 0. The van der Waals surface area contributed by atoms with Crippen molar-refractivity contribution in [3.8, 4) is 0 Å². The van der Waals surface area contributed by atoms with Crippen LogP contribution in [-0.2, 0) is 9.59 Å². The van der Waals surface area contributed by atoms with Gasteiger partial charge in [0.2, 0.25) is 0 Å². The summed E-state index contributed by atoms with van der Waals surface area (Å²) in [6, 6.07) is 17.2. The molecule has 1 aliphatic rings. The summed E-state index contributed by atoms with van der Waals surface area (Å²) in [7, 11) is 0. The van der Waals surface area contributed by atoms with Gasteiger partial charge in [-0.15, -0.1) is 0 Å². The van der Waals surface area contributed by atoms with Crippen LogP contribution >= 0.6 is 23.5 Å². The maximum Gasteiger partial charge on any atom is 0.315 e. The van der Waals surface area contributed by atoms with Gasteiger partial charge < -0.3 is 5.32 Å². The van der Waals surface area contributed by atoms with E-state index in [1.165, 1.54) is 23.5 Å². The number of benzene rings is 2. The quantitative estimate of drug-likeness (QED) is 0.829. The molecule has 2 aromatic rings. The van der Waals surface area contributed by atoms with Crippen LogP contribution in [0.5, 0.6) is 0 Å². The molecule has 0 saturated heterocycles. The normalized spacial score (nSPS) is 13.2. The SMILES string of the molecule is O=C(NC1=NCCS1)C(=O)Nc1ccccc1Sc1ccccc1. The lowest BCUT2D eigenvalue weighted by Crippen LogP contribution is -2.37. The number of thioether (sulfide) groups is 1. The van der Waals surface area contributed by atoms with E-state index >= 15 is 0 Å². The van der Waals surface area contributed by atoms with Crippen molar-refractivity contribution in [1.29, 1.82) is 0 Å². The van der Waals surface area contributed by atoms with Gasteiger partial charge in [0.15, 0.2) is 5.17 Å². The van der Waals surface area contributed by atoms with Gasteiger partial charge in [-0.3, -0.25) is 19.9 Å². The highest BCUT2D eigenvalue weighted by Gasteiger charge is 2.19. The highest BCUT2D eigenvalue weighted by molar-refractivity contribution is 8.14. The molecule has 0 spiro atoms. The molecule has 1 heterocycles. The van der Waals surface area contributed by atoms with E-state index in [1.807, 2.05) is 48.5 Å². The molecule has 0 fully saturated rings. The Morgan fingerprint density at radius 3 is 2.42 bits per heavy atom. The molecule has 0 saturated carbocycles. The van der Waals surface area contributed by atoms with E-state index in [9.17, 15) is 9.59 Å². The number of carbonyl (C=O) groups is 2. The minimum absolute atomic E-state index is 0.502. The van der Waals surface area contributed by atoms with Crippen molar-refractivity contribution in [2.24, 2.45) is 4.99 Å². The van der Waals surface area contributed by atoms with Crippen LogP contribution in [0, 0.1) is 0 Å². The smallest absolute Gasteiger partial charge is 0.315 e. The molecule has 0 radical (unpaired) electrons. The Bertz CT molecular complexity index is 778. The number of para-hydroxylation sites is 1. The fraction of sp³-hybridized carbons (Fsp3) is 0.118. The van der Waals surface area contributed by atoms with Crippen molar-refractivity contribution in [1.82, 2.24) is 5.32 Å². The number of rotatable bonds is 3. The number of amidine groups is 1. The van der Waals surface area contributed by atoms with Crippen molar-refractivity contribution in [3.05, 3.63) is 54.6 Å². The fourth-order valence-electron chi connectivity index (χ4n) is 2.02. The molecule has 1 aliphatic heterocycles. The number of nitrogens with zero attached hydrogens (tertiary/aromatic N) is 1. The largest absolute Gasteiger partial charge is 0.317 e. The zero-order valence-corrected chi connectivity index (χ0v) is 14.3. The van der Waals surface area contributed by atoms with Gasteiger partial charge in [0.1, 0.15) is 0 Å². The Kier molecular flexibility index (Phi) is 5.55. The lowest BCUT2D eigenvalue weighted by molar-refractivity contribution is -0.135. The van der Waals surface area contributed by atoms with Crippen LogP contribution in [0.25, 0.3) is 0 Å². The first-order valence-corrected chi connectivity index (χ1v) is 9.14. The standard InChI is InChI=1S/C17H15N3O2S2/c21-15(16(22)20-17-18-10-11-23-17)19-13-8-4-5-9-14(13)24-12-6-2-1-3-7-12/h1-9H,10-11H2,(H,19,21)(H,18,20,22). The van der Waals surface area contributed by atoms with Crippen molar-refractivity contribution in [3.63, 3.8) is 0 Å². The summed E-state index contributed by atoms with van der Waals surface area (Å²) in [5.41, 5.74) is 0.604. The average Bonchev–Trinajstić information content (AvgIpc) is 3.10. The number of aliphatic imine (C=N–C) groups is 1. The number of amides is 2. The Morgan fingerprint density at radius 2 is 1.67 bits per heavy atom. The Hall–Kier alpha value is -2.25. The molecular weight excluding hydrogens is 342 g/mol. The van der Waals surface area contributed by atoms with Crippen molar-refractivity contribution >= 4 is 46.2 Å². The van der Waals surface area contributed by atoms with E-state index < -0.39 is 11.8 Å². The molecule has 0 atom stereocenters. The molecule has 2 aromatic carbocycles. The highest BCUT2D eigenvalue weighted by Crippen LogP contribution is 2.33. The zero-order valence-electron chi connectivity index (χ0n) is 12.7. The molecule has 24 heavy (non-hydrogen) atoms. The van der Waals surface area contributed by atoms with Crippen LogP contribution in [-0.4, -0.2) is 29.3 Å². The molecule has 2 amide bonds. The zero-order chi connectivity index (χ0) is 16.8. The van der Waals surface area contributed by atoms with Crippen LogP contribution < -0.4 is 10.6 Å². The maximum absolute atomic E-state index is 12.1. The van der Waals surface area contributed by atoms with Gasteiger partial charge in [-0.1, -0.05) is 53.9 Å². The molecular formula is C17H15N3O2S2. The van der Waals surface area contributed by atoms with E-state index in [2.05, 4.69) is 15.6 Å². The van der Waals surface area contributed by atoms with E-state index in [4.69, 9.17) is 0 Å². The maximum atomic E-state index is 12.1. The minimum atomic E-state index is -0.706. The summed E-state index contributed by atoms with van der Waals surface area (Å²) in [5.74, 6) is -0.581. The Balaban J connectivity index is 1.68. The topological polar surface area (TPSA) is 70.6 Å². The lowest BCUT2D eigenvalue weighted by Gasteiger charge is -2.10. The first-order valence-electron chi connectivity index (χ1n) is 7.34. The van der Waals surface area contributed by atoms with Gasteiger partial charge in [-0.05, 0) is 24.3 Å². The molecule has 3 rings (SSSR count). The predicted octanol–water partition coefficient (Wildman–Crippen LogP) is 3.00. The summed E-state index contributed by atoms with van der Waals surface area (Å²) in [6.45, 7) is 0.665. The molecule has 0 aromatic heterocycles. The summed E-state index contributed by atoms with van der Waals surface area (Å²) >= 11 is 2.96. The summed E-state index contributed by atoms with van der Waals surface area (Å²) in [5, 5.41) is 5.69. The number of hydrogen-bond donors (Lipinski definition) is 2. The minimum Gasteiger partial charge on any atom is -0.317 e. The van der Waals surface area contributed by atoms with Crippen LogP contribution in [0.15, 0.2) is 69.4 Å². The summed E-state index contributed by atoms with van der Waals surface area (Å²) in [4.78, 5) is 30.1. The third-order valence-corrected chi connectivity index (χ3v) is 5.09. The van der Waals surface area contributed by atoms with Gasteiger partial charge in [0.25, 0.3) is 0 Å². The third kappa shape index (κ3) is 4.39. The third-order valence-electron chi connectivity index (χ3n) is 3.12. The molecule has 7 heteroatoms. The average molecular weight is 357 g/mol. The van der Waals surface area contributed by atoms with E-state index in [0.717, 1.165) is 15.5 Å². The second kappa shape index (κ2) is 8.03. The van der Waals surface area contributed by atoms with Crippen molar-refractivity contribution < 1.29 is 9.59 Å². The van der Waals surface area contributed by atoms with Crippen molar-refractivity contribution in [2.45, 2.75) is 9.79 Å². The first kappa shape index (κ1) is 16.6. The number of nitrogens with one attached hydrogen (secondary N) is 2. The predicted molar refractivity (Wildman–Crippen MR) is 98.5 cm³/mol. The van der Waals surface area contributed by atoms with E-state index in [0.29, 0.717) is 17.4 Å². The van der Waals surface area contributed by atoms with E-state index in [1.54, 1.807) is 6.07 Å². The van der Waals surface area contributed by atoms with Crippen molar-refractivity contribution in [2.75, 3.05) is 17.6 Å². The van der Waals surface area contributed by atoms with Crippen LogP contribution in [0.2, 0.25) is 0 Å². The number of carbonyl (C=O) groups excluding carboxylic acids is 2. The molecule has 0 aliphatic carbocycles. The number of anilines is 1. The van der Waals surface area contributed by atoms with Gasteiger partial charge in [-0.25, -0.2) is 0 Å². The monoisotopic (exact) mass is 357 g/mol. The van der Waals surface area contributed by atoms with Gasteiger partial charge in [0, 0.05) is 15.5 Å². The second-order valence-electron chi connectivity index (χ2n) is 4.85. The lowest BCUT2D eigenvalue weighted by atomic mass is 10.3. The molecule has 5 nitrogen and oxygen atoms in total. The number of hydrogen-bond acceptors (Lipinski definition) is 5. The van der Waals surface area contributed by atoms with Gasteiger partial charge in [-0.2, -0.15) is 0 Å². The van der Waals surface area contributed by atoms with Crippen LogP contribution in [0.4, 0.5) is 5.69 Å².